The van der Waals surface area contributed by atoms with Crippen LogP contribution >= 0.6 is 0 Å². The molecule has 142 valence electrons. The zero-order chi connectivity index (χ0) is 19.1. The lowest BCUT2D eigenvalue weighted by Gasteiger charge is -2.32. The number of amides is 2. The highest BCUT2D eigenvalue weighted by atomic mass is 16.5. The quantitative estimate of drug-likeness (QED) is 0.852. The van der Waals surface area contributed by atoms with Crippen LogP contribution < -0.4 is 10.1 Å². The standard InChI is InChI=1S/C21H25N3O3/c1-23-12-14-24(15-13-23)21(26)17-7-9-18(10-8-17)22-20(25)11-16-27-19-5-3-2-4-6-19/h2-10H,11-16H2,1H3,(H,22,25). The van der Waals surface area contributed by atoms with Gasteiger partial charge in [-0.15, -0.1) is 0 Å². The van der Waals surface area contributed by atoms with Crippen LogP contribution in [0.25, 0.3) is 0 Å². The molecule has 1 saturated heterocycles. The molecule has 3 rings (SSSR count). The van der Waals surface area contributed by atoms with E-state index in [9.17, 15) is 9.59 Å². The average Bonchev–Trinajstić information content (AvgIpc) is 2.69. The second-order valence-electron chi connectivity index (χ2n) is 6.63. The zero-order valence-electron chi connectivity index (χ0n) is 15.6. The minimum absolute atomic E-state index is 0.0391. The van der Waals surface area contributed by atoms with E-state index in [0.717, 1.165) is 31.9 Å². The lowest BCUT2D eigenvalue weighted by Crippen LogP contribution is -2.47. The third-order valence-electron chi connectivity index (χ3n) is 4.55. The van der Waals surface area contributed by atoms with Gasteiger partial charge < -0.3 is 19.9 Å². The fourth-order valence-corrected chi connectivity index (χ4v) is 2.89. The molecule has 0 unspecified atom stereocenters. The number of likely N-dealkylation sites (N-methyl/N-ethyl adjacent to an activating group) is 1. The number of ether oxygens (including phenoxy) is 1. The van der Waals surface area contributed by atoms with Crippen LogP contribution in [0.4, 0.5) is 5.69 Å². The molecule has 1 aliphatic heterocycles. The van der Waals surface area contributed by atoms with Gasteiger partial charge in [-0.1, -0.05) is 18.2 Å². The van der Waals surface area contributed by atoms with E-state index < -0.39 is 0 Å². The summed E-state index contributed by atoms with van der Waals surface area (Å²) in [4.78, 5) is 28.6. The number of rotatable bonds is 6. The number of nitrogens with one attached hydrogen (secondary N) is 1. The summed E-state index contributed by atoms with van der Waals surface area (Å²) in [5.41, 5.74) is 1.32. The highest BCUT2D eigenvalue weighted by molar-refractivity contribution is 5.96. The first-order valence-corrected chi connectivity index (χ1v) is 9.17. The molecule has 2 amide bonds. The Morgan fingerprint density at radius 3 is 2.30 bits per heavy atom. The highest BCUT2D eigenvalue weighted by Crippen LogP contribution is 2.14. The molecular formula is C21H25N3O3. The topological polar surface area (TPSA) is 61.9 Å². The first-order valence-electron chi connectivity index (χ1n) is 9.17. The normalized spacial score (nSPS) is 14.6. The second-order valence-corrected chi connectivity index (χ2v) is 6.63. The van der Waals surface area contributed by atoms with Crippen LogP contribution in [0.5, 0.6) is 5.75 Å². The zero-order valence-corrected chi connectivity index (χ0v) is 15.6. The van der Waals surface area contributed by atoms with Crippen molar-refractivity contribution in [2.75, 3.05) is 45.2 Å². The molecule has 0 aromatic heterocycles. The molecule has 6 nitrogen and oxygen atoms in total. The van der Waals surface area contributed by atoms with E-state index in [0.29, 0.717) is 17.9 Å². The van der Waals surface area contributed by atoms with Gasteiger partial charge in [-0.25, -0.2) is 0 Å². The van der Waals surface area contributed by atoms with Gasteiger partial charge in [-0.05, 0) is 43.4 Å². The maximum atomic E-state index is 12.5. The lowest BCUT2D eigenvalue weighted by molar-refractivity contribution is -0.116. The molecule has 6 heteroatoms. The summed E-state index contributed by atoms with van der Waals surface area (Å²) < 4.78 is 5.53. The maximum Gasteiger partial charge on any atom is 0.253 e. The summed E-state index contributed by atoms with van der Waals surface area (Å²) in [7, 11) is 2.06. The summed E-state index contributed by atoms with van der Waals surface area (Å²) in [6, 6.07) is 16.5. The van der Waals surface area contributed by atoms with Crippen LogP contribution in [0.2, 0.25) is 0 Å². The number of hydrogen-bond acceptors (Lipinski definition) is 4. The van der Waals surface area contributed by atoms with E-state index in [4.69, 9.17) is 4.74 Å². The molecule has 0 atom stereocenters. The van der Waals surface area contributed by atoms with E-state index in [1.54, 1.807) is 24.3 Å². The number of benzene rings is 2. The van der Waals surface area contributed by atoms with Gasteiger partial charge in [0.1, 0.15) is 5.75 Å². The van der Waals surface area contributed by atoms with Crippen molar-refractivity contribution in [1.29, 1.82) is 0 Å². The third kappa shape index (κ3) is 5.56. The Morgan fingerprint density at radius 2 is 1.63 bits per heavy atom. The largest absolute Gasteiger partial charge is 0.493 e. The predicted molar refractivity (Wildman–Crippen MR) is 105 cm³/mol. The Kier molecular flexibility index (Phi) is 6.44. The van der Waals surface area contributed by atoms with E-state index in [1.807, 2.05) is 35.2 Å². The Bertz CT molecular complexity index is 754. The van der Waals surface area contributed by atoms with Gasteiger partial charge >= 0.3 is 0 Å². The Morgan fingerprint density at radius 1 is 0.963 bits per heavy atom. The summed E-state index contributed by atoms with van der Waals surface area (Å²) in [5.74, 6) is 0.665. The molecule has 2 aromatic rings. The van der Waals surface area contributed by atoms with Gasteiger partial charge in [0.25, 0.3) is 5.91 Å². The van der Waals surface area contributed by atoms with Crippen LogP contribution in [0.15, 0.2) is 54.6 Å². The number of carbonyl (C=O) groups excluding carboxylic acids is 2. The number of nitrogens with zero attached hydrogens (tertiary/aromatic N) is 2. The van der Waals surface area contributed by atoms with E-state index in [2.05, 4.69) is 17.3 Å². The first-order chi connectivity index (χ1) is 13.1. The lowest BCUT2D eigenvalue weighted by atomic mass is 10.1. The number of piperazine rings is 1. The van der Waals surface area contributed by atoms with Crippen LogP contribution in [0.1, 0.15) is 16.8 Å². The van der Waals surface area contributed by atoms with Gasteiger partial charge in [-0.2, -0.15) is 0 Å². The fourth-order valence-electron chi connectivity index (χ4n) is 2.89. The van der Waals surface area contributed by atoms with Gasteiger partial charge in [0.05, 0.1) is 13.0 Å². The molecule has 1 aliphatic rings. The number of hydrogen-bond donors (Lipinski definition) is 1. The molecule has 1 heterocycles. The van der Waals surface area contributed by atoms with Crippen molar-refractivity contribution >= 4 is 17.5 Å². The molecule has 0 aliphatic carbocycles. The summed E-state index contributed by atoms with van der Waals surface area (Å²) >= 11 is 0. The molecule has 2 aromatic carbocycles. The molecule has 0 spiro atoms. The smallest absolute Gasteiger partial charge is 0.253 e. The second kappa shape index (κ2) is 9.19. The number of carbonyl (C=O) groups is 2. The average molecular weight is 367 g/mol. The first kappa shape index (κ1) is 18.9. The van der Waals surface area contributed by atoms with Crippen LogP contribution in [0.3, 0.4) is 0 Å². The summed E-state index contributed by atoms with van der Waals surface area (Å²) in [5, 5.41) is 2.83. The molecule has 0 bridgehead atoms. The maximum absolute atomic E-state index is 12.5. The molecule has 1 fully saturated rings. The monoisotopic (exact) mass is 367 g/mol. The van der Waals surface area contributed by atoms with E-state index in [-0.39, 0.29) is 18.2 Å². The van der Waals surface area contributed by atoms with Crippen LogP contribution in [-0.4, -0.2) is 61.4 Å². The van der Waals surface area contributed by atoms with Gasteiger partial charge in [0.15, 0.2) is 0 Å². The number of para-hydroxylation sites is 1. The molecule has 1 N–H and O–H groups in total. The molecule has 0 radical (unpaired) electrons. The van der Waals surface area contributed by atoms with Gasteiger partial charge in [-0.3, -0.25) is 9.59 Å². The van der Waals surface area contributed by atoms with Gasteiger partial charge in [0, 0.05) is 37.4 Å². The fraction of sp³-hybridized carbons (Fsp3) is 0.333. The van der Waals surface area contributed by atoms with Crippen molar-refractivity contribution in [1.82, 2.24) is 9.80 Å². The summed E-state index contributed by atoms with van der Waals surface area (Å²) in [6.45, 7) is 3.59. The van der Waals surface area contributed by atoms with Gasteiger partial charge in [0.2, 0.25) is 5.91 Å². The van der Waals surface area contributed by atoms with Crippen molar-refractivity contribution in [3.8, 4) is 5.75 Å². The van der Waals surface area contributed by atoms with Crippen molar-refractivity contribution in [2.45, 2.75) is 6.42 Å². The Hall–Kier alpha value is -2.86. The minimum Gasteiger partial charge on any atom is -0.493 e. The third-order valence-corrected chi connectivity index (χ3v) is 4.55. The molecular weight excluding hydrogens is 342 g/mol. The van der Waals surface area contributed by atoms with Crippen LogP contribution in [0, 0.1) is 0 Å². The van der Waals surface area contributed by atoms with Crippen molar-refractivity contribution in [3.05, 3.63) is 60.2 Å². The Labute approximate surface area is 159 Å². The van der Waals surface area contributed by atoms with E-state index in [1.165, 1.54) is 0 Å². The predicted octanol–water partition coefficient (Wildman–Crippen LogP) is 2.48. The van der Waals surface area contributed by atoms with Crippen molar-refractivity contribution < 1.29 is 14.3 Å². The highest BCUT2D eigenvalue weighted by Gasteiger charge is 2.20. The van der Waals surface area contributed by atoms with Crippen molar-refractivity contribution in [2.24, 2.45) is 0 Å². The van der Waals surface area contributed by atoms with E-state index >= 15 is 0 Å². The SMILES string of the molecule is CN1CCN(C(=O)c2ccc(NC(=O)CCOc3ccccc3)cc2)CC1. The minimum atomic E-state index is -0.121. The Balaban J connectivity index is 1.45. The summed E-state index contributed by atoms with van der Waals surface area (Å²) in [6.07, 6.45) is 0.261. The number of anilines is 1. The van der Waals surface area contributed by atoms with Crippen LogP contribution in [-0.2, 0) is 4.79 Å². The molecule has 0 saturated carbocycles. The molecule has 27 heavy (non-hydrogen) atoms. The van der Waals surface area contributed by atoms with Crippen molar-refractivity contribution in [3.63, 3.8) is 0 Å².